The molecule has 1 heterocycles. The Hall–Kier alpha value is -1.00. The second-order valence-corrected chi connectivity index (χ2v) is 6.76. The molecule has 3 rings (SSSR count). The van der Waals surface area contributed by atoms with Crippen LogP contribution in [0.2, 0.25) is 0 Å². The average molecular weight is 277 g/mol. The molecule has 2 N–H and O–H groups in total. The van der Waals surface area contributed by atoms with Gasteiger partial charge in [-0.05, 0) is 30.6 Å². The molecule has 1 aromatic rings. The number of rotatable bonds is 4. The Labute approximate surface area is 117 Å². The standard InChI is InChI=1S/C15H19NO2S/c17-13(16-10-14(18)8-9-19-11-14)15(6-7-15)12-4-2-1-3-5-12/h1-5,18H,6-11H2,(H,16,17). The van der Waals surface area contributed by atoms with Crippen molar-refractivity contribution in [3.63, 3.8) is 0 Å². The molecule has 1 saturated heterocycles. The summed E-state index contributed by atoms with van der Waals surface area (Å²) in [6, 6.07) is 9.96. The van der Waals surface area contributed by atoms with Crippen LogP contribution >= 0.6 is 11.8 Å². The second-order valence-electron chi connectivity index (χ2n) is 5.66. The minimum atomic E-state index is -0.701. The van der Waals surface area contributed by atoms with Crippen LogP contribution in [0.4, 0.5) is 0 Å². The van der Waals surface area contributed by atoms with Gasteiger partial charge in [-0.25, -0.2) is 0 Å². The summed E-state index contributed by atoms with van der Waals surface area (Å²) in [7, 11) is 0. The monoisotopic (exact) mass is 277 g/mol. The molecule has 0 spiro atoms. The van der Waals surface area contributed by atoms with Crippen LogP contribution in [-0.4, -0.2) is 34.7 Å². The van der Waals surface area contributed by atoms with E-state index in [2.05, 4.69) is 5.32 Å². The van der Waals surface area contributed by atoms with Gasteiger partial charge in [-0.15, -0.1) is 0 Å². The van der Waals surface area contributed by atoms with Crippen LogP contribution < -0.4 is 5.32 Å². The molecule has 3 nitrogen and oxygen atoms in total. The van der Waals surface area contributed by atoms with Crippen molar-refractivity contribution < 1.29 is 9.90 Å². The molecule has 1 atom stereocenters. The van der Waals surface area contributed by atoms with E-state index in [0.29, 0.717) is 6.54 Å². The predicted molar refractivity (Wildman–Crippen MR) is 77.3 cm³/mol. The minimum Gasteiger partial charge on any atom is -0.387 e. The van der Waals surface area contributed by atoms with E-state index in [1.807, 2.05) is 30.3 Å². The summed E-state index contributed by atoms with van der Waals surface area (Å²) in [5.74, 6) is 1.78. The SMILES string of the molecule is O=C(NCC1(O)CCSC1)C1(c2ccccc2)CC1. The predicted octanol–water partition coefficient (Wildman–Crippen LogP) is 1.70. The highest BCUT2D eigenvalue weighted by Crippen LogP contribution is 2.48. The van der Waals surface area contributed by atoms with Crippen molar-refractivity contribution in [1.82, 2.24) is 5.32 Å². The van der Waals surface area contributed by atoms with Gasteiger partial charge in [0.05, 0.1) is 11.0 Å². The van der Waals surface area contributed by atoms with Gasteiger partial charge in [0.15, 0.2) is 0 Å². The number of benzene rings is 1. The third kappa shape index (κ3) is 2.51. The van der Waals surface area contributed by atoms with Gasteiger partial charge in [0, 0.05) is 12.3 Å². The van der Waals surface area contributed by atoms with Crippen molar-refractivity contribution in [2.24, 2.45) is 0 Å². The minimum absolute atomic E-state index is 0.0732. The fraction of sp³-hybridized carbons (Fsp3) is 0.533. The van der Waals surface area contributed by atoms with Crippen LogP contribution in [0.15, 0.2) is 30.3 Å². The van der Waals surface area contributed by atoms with Crippen LogP contribution in [0, 0.1) is 0 Å². The van der Waals surface area contributed by atoms with Crippen LogP contribution in [0.25, 0.3) is 0 Å². The Bertz CT molecular complexity index is 464. The van der Waals surface area contributed by atoms with E-state index in [0.717, 1.165) is 36.3 Å². The normalized spacial score (nSPS) is 28.1. The number of amides is 1. The first-order valence-corrected chi connectivity index (χ1v) is 7.94. The lowest BCUT2D eigenvalue weighted by atomic mass is 9.94. The fourth-order valence-corrected chi connectivity index (χ4v) is 3.97. The van der Waals surface area contributed by atoms with E-state index in [1.165, 1.54) is 0 Å². The van der Waals surface area contributed by atoms with Crippen LogP contribution in [0.1, 0.15) is 24.8 Å². The molecule has 2 fully saturated rings. The molecule has 1 unspecified atom stereocenters. The summed E-state index contributed by atoms with van der Waals surface area (Å²) in [6.07, 6.45) is 2.60. The molecule has 0 radical (unpaired) electrons. The molecule has 2 aliphatic rings. The molecular weight excluding hydrogens is 258 g/mol. The van der Waals surface area contributed by atoms with Crippen molar-refractivity contribution in [3.8, 4) is 0 Å². The summed E-state index contributed by atoms with van der Waals surface area (Å²) in [5, 5.41) is 13.2. The zero-order valence-electron chi connectivity index (χ0n) is 10.9. The Morgan fingerprint density at radius 1 is 1.26 bits per heavy atom. The maximum absolute atomic E-state index is 12.4. The van der Waals surface area contributed by atoms with Gasteiger partial charge in [0.1, 0.15) is 0 Å². The van der Waals surface area contributed by atoms with Gasteiger partial charge in [-0.3, -0.25) is 4.79 Å². The van der Waals surface area contributed by atoms with Gasteiger partial charge in [-0.2, -0.15) is 11.8 Å². The lowest BCUT2D eigenvalue weighted by molar-refractivity contribution is -0.124. The Kier molecular flexibility index (Phi) is 3.31. The second kappa shape index (κ2) is 4.84. The van der Waals surface area contributed by atoms with Crippen LogP contribution in [0.3, 0.4) is 0 Å². The molecular formula is C15H19NO2S. The van der Waals surface area contributed by atoms with Crippen LogP contribution in [0.5, 0.6) is 0 Å². The highest BCUT2D eigenvalue weighted by atomic mass is 32.2. The maximum Gasteiger partial charge on any atom is 0.230 e. The molecule has 1 aliphatic heterocycles. The Morgan fingerprint density at radius 2 is 2.00 bits per heavy atom. The van der Waals surface area contributed by atoms with Crippen molar-refractivity contribution in [2.75, 3.05) is 18.1 Å². The number of nitrogens with one attached hydrogen (secondary N) is 1. The molecule has 0 aromatic heterocycles. The third-order valence-electron chi connectivity index (χ3n) is 4.17. The number of carbonyl (C=O) groups is 1. The molecule has 1 amide bonds. The highest BCUT2D eigenvalue weighted by molar-refractivity contribution is 7.99. The van der Waals surface area contributed by atoms with Crippen molar-refractivity contribution in [1.29, 1.82) is 0 Å². The summed E-state index contributed by atoms with van der Waals surface area (Å²) in [4.78, 5) is 12.4. The lowest BCUT2D eigenvalue weighted by Gasteiger charge is -2.24. The zero-order valence-corrected chi connectivity index (χ0v) is 11.7. The maximum atomic E-state index is 12.4. The third-order valence-corrected chi connectivity index (χ3v) is 5.41. The smallest absolute Gasteiger partial charge is 0.230 e. The molecule has 0 bridgehead atoms. The van der Waals surface area contributed by atoms with Crippen molar-refractivity contribution in [2.45, 2.75) is 30.3 Å². The number of aliphatic hydroxyl groups is 1. The Morgan fingerprint density at radius 3 is 2.58 bits per heavy atom. The first kappa shape index (κ1) is 13.0. The molecule has 1 aliphatic carbocycles. The van der Waals surface area contributed by atoms with E-state index < -0.39 is 5.60 Å². The van der Waals surface area contributed by atoms with Gasteiger partial charge < -0.3 is 10.4 Å². The number of thioether (sulfide) groups is 1. The number of hydrogen-bond donors (Lipinski definition) is 2. The molecule has 102 valence electrons. The molecule has 19 heavy (non-hydrogen) atoms. The van der Waals surface area contributed by atoms with Gasteiger partial charge in [0.25, 0.3) is 0 Å². The largest absolute Gasteiger partial charge is 0.387 e. The van der Waals surface area contributed by atoms with E-state index in [4.69, 9.17) is 0 Å². The van der Waals surface area contributed by atoms with Crippen molar-refractivity contribution in [3.05, 3.63) is 35.9 Å². The highest BCUT2D eigenvalue weighted by Gasteiger charge is 2.51. The zero-order chi connectivity index (χ0) is 13.3. The fourth-order valence-electron chi connectivity index (χ4n) is 2.68. The van der Waals surface area contributed by atoms with Crippen molar-refractivity contribution >= 4 is 17.7 Å². The molecule has 4 heteroatoms. The van der Waals surface area contributed by atoms with E-state index in [1.54, 1.807) is 11.8 Å². The quantitative estimate of drug-likeness (QED) is 0.881. The first-order valence-electron chi connectivity index (χ1n) is 6.79. The number of carbonyl (C=O) groups excluding carboxylic acids is 1. The Balaban J connectivity index is 1.65. The first-order chi connectivity index (χ1) is 9.15. The lowest BCUT2D eigenvalue weighted by Crippen LogP contribution is -2.46. The molecule has 1 saturated carbocycles. The summed E-state index contributed by atoms with van der Waals surface area (Å²) in [6.45, 7) is 0.382. The van der Waals surface area contributed by atoms with E-state index in [-0.39, 0.29) is 11.3 Å². The van der Waals surface area contributed by atoms with E-state index >= 15 is 0 Å². The molecule has 1 aromatic carbocycles. The van der Waals surface area contributed by atoms with E-state index in [9.17, 15) is 9.90 Å². The van der Waals surface area contributed by atoms with Gasteiger partial charge >= 0.3 is 0 Å². The average Bonchev–Trinajstić information content (AvgIpc) is 3.15. The summed E-state index contributed by atoms with van der Waals surface area (Å²) < 4.78 is 0. The van der Waals surface area contributed by atoms with Gasteiger partial charge in [0.2, 0.25) is 5.91 Å². The summed E-state index contributed by atoms with van der Waals surface area (Å²) in [5.41, 5.74) is 0.0662. The summed E-state index contributed by atoms with van der Waals surface area (Å²) >= 11 is 1.75. The van der Waals surface area contributed by atoms with Gasteiger partial charge in [-0.1, -0.05) is 30.3 Å². The van der Waals surface area contributed by atoms with Crippen LogP contribution in [-0.2, 0) is 10.2 Å². The number of hydrogen-bond acceptors (Lipinski definition) is 3. The topological polar surface area (TPSA) is 49.3 Å².